The quantitative estimate of drug-likeness (QED) is 0.256. The maximum Gasteiger partial charge on any atom is 0.338 e. The van der Waals surface area contributed by atoms with Crippen molar-refractivity contribution in [2.75, 3.05) is 6.61 Å². The Morgan fingerprint density at radius 1 is 0.897 bits per heavy atom. The number of halogens is 1. The first-order valence-corrected chi connectivity index (χ1v) is 11.1. The van der Waals surface area contributed by atoms with E-state index in [4.69, 9.17) is 4.74 Å². The van der Waals surface area contributed by atoms with Crippen LogP contribution in [0.5, 0.6) is 0 Å². The number of ether oxygens (including phenoxy) is 1. The zero-order chi connectivity index (χ0) is 20.0. The highest BCUT2D eigenvalue weighted by molar-refractivity contribution is 9.10. The van der Waals surface area contributed by atoms with Gasteiger partial charge in [0.15, 0.2) is 0 Å². The maximum absolute atomic E-state index is 12.4. The fourth-order valence-corrected chi connectivity index (χ4v) is 5.68. The molecule has 1 heterocycles. The zero-order valence-corrected chi connectivity index (χ0v) is 18.1. The molecule has 5 rings (SSSR count). The number of esters is 1. The van der Waals surface area contributed by atoms with Crippen molar-refractivity contribution in [2.45, 2.75) is 6.92 Å². The molecular weight excluding hydrogens is 444 g/mol. The average Bonchev–Trinajstić information content (AvgIpc) is 3.12. The van der Waals surface area contributed by atoms with Gasteiger partial charge in [0.05, 0.1) is 12.2 Å². The van der Waals surface area contributed by atoms with Gasteiger partial charge >= 0.3 is 5.97 Å². The molecule has 0 unspecified atom stereocenters. The van der Waals surface area contributed by atoms with Gasteiger partial charge in [-0.2, -0.15) is 0 Å². The van der Waals surface area contributed by atoms with E-state index in [0.29, 0.717) is 12.2 Å². The summed E-state index contributed by atoms with van der Waals surface area (Å²) < 4.78 is 8.85. The van der Waals surface area contributed by atoms with Crippen LogP contribution >= 0.6 is 27.3 Å². The molecule has 0 amide bonds. The molecule has 0 radical (unpaired) electrons. The molecule has 0 spiro atoms. The van der Waals surface area contributed by atoms with E-state index in [1.54, 1.807) is 11.3 Å². The van der Waals surface area contributed by atoms with Crippen molar-refractivity contribution in [3.05, 3.63) is 82.8 Å². The minimum Gasteiger partial charge on any atom is -0.462 e. The van der Waals surface area contributed by atoms with Gasteiger partial charge in [0.25, 0.3) is 0 Å². The number of thiophene rings is 1. The Bertz CT molecular complexity index is 1400. The molecule has 0 aliphatic rings. The minimum atomic E-state index is -0.283. The number of rotatable bonds is 3. The van der Waals surface area contributed by atoms with Crippen LogP contribution in [0.3, 0.4) is 0 Å². The third-order valence-electron chi connectivity index (χ3n) is 5.16. The second-order valence-electron chi connectivity index (χ2n) is 6.86. The lowest BCUT2D eigenvalue weighted by Crippen LogP contribution is -2.06. The van der Waals surface area contributed by atoms with E-state index in [2.05, 4.69) is 64.5 Å². The van der Waals surface area contributed by atoms with Crippen molar-refractivity contribution in [2.24, 2.45) is 0 Å². The first-order valence-electron chi connectivity index (χ1n) is 9.47. The summed E-state index contributed by atoms with van der Waals surface area (Å²) in [5, 5.41) is 4.96. The third kappa shape index (κ3) is 3.04. The smallest absolute Gasteiger partial charge is 0.338 e. The molecule has 0 saturated carbocycles. The van der Waals surface area contributed by atoms with Crippen LogP contribution in [0.15, 0.2) is 77.3 Å². The average molecular weight is 461 g/mol. The fraction of sp³-hybridized carbons (Fsp3) is 0.0800. The summed E-state index contributed by atoms with van der Waals surface area (Å²) in [7, 11) is 0. The molecule has 5 aromatic rings. The SMILES string of the molecule is CCOC(=O)c1ccccc1-c1ccc2c(c1)sc1c3ccccc3c(Br)cc21. The number of fused-ring (bicyclic) bond motifs is 5. The second kappa shape index (κ2) is 7.29. The molecule has 0 atom stereocenters. The lowest BCUT2D eigenvalue weighted by Gasteiger charge is -2.09. The summed E-state index contributed by atoms with van der Waals surface area (Å²) in [6, 6.07) is 24.7. The van der Waals surface area contributed by atoms with Gasteiger partial charge in [-0.15, -0.1) is 11.3 Å². The van der Waals surface area contributed by atoms with Crippen molar-refractivity contribution in [1.82, 2.24) is 0 Å². The van der Waals surface area contributed by atoms with Gasteiger partial charge in [-0.3, -0.25) is 0 Å². The van der Waals surface area contributed by atoms with Crippen LogP contribution in [-0.4, -0.2) is 12.6 Å². The first-order chi connectivity index (χ1) is 14.2. The summed E-state index contributed by atoms with van der Waals surface area (Å²) in [5.74, 6) is -0.283. The molecular formula is C25H17BrO2S. The molecule has 29 heavy (non-hydrogen) atoms. The van der Waals surface area contributed by atoms with Gasteiger partial charge in [-0.1, -0.05) is 70.5 Å². The van der Waals surface area contributed by atoms with Crippen LogP contribution in [0.4, 0.5) is 0 Å². The van der Waals surface area contributed by atoms with Crippen LogP contribution in [0.2, 0.25) is 0 Å². The molecule has 0 N–H and O–H groups in total. The lowest BCUT2D eigenvalue weighted by atomic mass is 9.98. The van der Waals surface area contributed by atoms with E-state index in [-0.39, 0.29) is 5.97 Å². The summed E-state index contributed by atoms with van der Waals surface area (Å²) >= 11 is 5.53. The van der Waals surface area contributed by atoms with Gasteiger partial charge in [-0.05, 0) is 41.6 Å². The number of carbonyl (C=O) groups excluding carboxylic acids is 1. The largest absolute Gasteiger partial charge is 0.462 e. The Kier molecular flexibility index (Phi) is 4.61. The summed E-state index contributed by atoms with van der Waals surface area (Å²) in [4.78, 5) is 12.4. The van der Waals surface area contributed by atoms with Crippen molar-refractivity contribution in [1.29, 1.82) is 0 Å². The van der Waals surface area contributed by atoms with E-state index in [0.717, 1.165) is 15.6 Å². The molecule has 2 nitrogen and oxygen atoms in total. The van der Waals surface area contributed by atoms with E-state index >= 15 is 0 Å². The Labute approximate surface area is 180 Å². The molecule has 142 valence electrons. The maximum atomic E-state index is 12.4. The standard InChI is InChI=1S/C25H17BrO2S/c1-2-28-25(27)20-10-6-3-7-16(20)15-11-12-18-21-14-22(26)17-8-4-5-9-19(17)24(21)29-23(18)13-15/h3-14H,2H2,1H3. The van der Waals surface area contributed by atoms with E-state index in [9.17, 15) is 4.79 Å². The predicted octanol–water partition coefficient (Wildman–Crippen LogP) is 7.81. The van der Waals surface area contributed by atoms with Crippen LogP contribution < -0.4 is 0 Å². The number of hydrogen-bond acceptors (Lipinski definition) is 3. The van der Waals surface area contributed by atoms with Gasteiger partial charge in [0.1, 0.15) is 0 Å². The van der Waals surface area contributed by atoms with Gasteiger partial charge in [0.2, 0.25) is 0 Å². The van der Waals surface area contributed by atoms with Crippen molar-refractivity contribution in [3.63, 3.8) is 0 Å². The van der Waals surface area contributed by atoms with Crippen molar-refractivity contribution < 1.29 is 9.53 Å². The molecule has 0 aliphatic heterocycles. The first kappa shape index (κ1) is 18.3. The van der Waals surface area contributed by atoms with Gasteiger partial charge in [-0.25, -0.2) is 4.79 Å². The second-order valence-corrected chi connectivity index (χ2v) is 8.77. The number of carbonyl (C=O) groups is 1. The Morgan fingerprint density at radius 2 is 1.66 bits per heavy atom. The predicted molar refractivity (Wildman–Crippen MR) is 126 cm³/mol. The topological polar surface area (TPSA) is 26.3 Å². The highest BCUT2D eigenvalue weighted by Crippen LogP contribution is 2.42. The molecule has 4 aromatic carbocycles. The zero-order valence-electron chi connectivity index (χ0n) is 15.7. The van der Waals surface area contributed by atoms with Crippen LogP contribution in [-0.2, 0) is 4.74 Å². The summed E-state index contributed by atoms with van der Waals surface area (Å²) in [6.45, 7) is 2.19. The van der Waals surface area contributed by atoms with Crippen LogP contribution in [0.25, 0.3) is 42.1 Å². The molecule has 0 fully saturated rings. The third-order valence-corrected chi connectivity index (χ3v) is 7.02. The highest BCUT2D eigenvalue weighted by atomic mass is 79.9. The molecule has 4 heteroatoms. The summed E-state index contributed by atoms with van der Waals surface area (Å²) in [6.07, 6.45) is 0. The van der Waals surface area contributed by atoms with Crippen LogP contribution in [0, 0.1) is 0 Å². The Balaban J connectivity index is 1.74. The Morgan fingerprint density at radius 3 is 2.48 bits per heavy atom. The monoisotopic (exact) mass is 460 g/mol. The van der Waals surface area contributed by atoms with Gasteiger partial charge < -0.3 is 4.74 Å². The molecule has 1 aromatic heterocycles. The molecule has 0 bridgehead atoms. The molecule has 0 aliphatic carbocycles. The number of hydrogen-bond donors (Lipinski definition) is 0. The van der Waals surface area contributed by atoms with Crippen molar-refractivity contribution >= 4 is 64.2 Å². The minimum absolute atomic E-state index is 0.283. The van der Waals surface area contributed by atoms with Crippen molar-refractivity contribution in [3.8, 4) is 11.1 Å². The number of benzene rings is 4. The lowest BCUT2D eigenvalue weighted by molar-refractivity contribution is 0.0527. The highest BCUT2D eigenvalue weighted by Gasteiger charge is 2.15. The van der Waals surface area contributed by atoms with E-state index in [1.165, 1.54) is 30.9 Å². The fourth-order valence-electron chi connectivity index (χ4n) is 3.84. The van der Waals surface area contributed by atoms with Crippen LogP contribution in [0.1, 0.15) is 17.3 Å². The summed E-state index contributed by atoms with van der Waals surface area (Å²) in [5.41, 5.74) is 2.52. The van der Waals surface area contributed by atoms with Gasteiger partial charge in [0, 0.05) is 30.0 Å². The molecule has 0 saturated heterocycles. The van der Waals surface area contributed by atoms with E-state index in [1.807, 2.05) is 31.2 Å². The van der Waals surface area contributed by atoms with E-state index < -0.39 is 0 Å². The Hall–Kier alpha value is -2.69. The normalized spacial score (nSPS) is 11.4.